The third-order valence-corrected chi connectivity index (χ3v) is 4.20. The molecule has 5 heteroatoms. The second kappa shape index (κ2) is 8.19. The number of benzene rings is 3. The van der Waals surface area contributed by atoms with Crippen LogP contribution in [0.1, 0.15) is 15.9 Å². The summed E-state index contributed by atoms with van der Waals surface area (Å²) in [4.78, 5) is 24.2. The first-order valence-electron chi connectivity index (χ1n) is 8.63. The molecule has 0 spiro atoms. The number of anilines is 2. The maximum Gasteiger partial charge on any atom is 0.318 e. The number of aryl methyl sites for hydroxylation is 1. The van der Waals surface area contributed by atoms with Crippen LogP contribution in [-0.4, -0.2) is 19.0 Å². The largest absolute Gasteiger partial charge is 0.341 e. The first-order chi connectivity index (χ1) is 13.1. The maximum absolute atomic E-state index is 12.6. The third kappa shape index (κ3) is 4.52. The second-order valence-corrected chi connectivity index (χ2v) is 6.13. The van der Waals surface area contributed by atoms with Gasteiger partial charge in [0.15, 0.2) is 0 Å². The molecular weight excluding hydrogens is 338 g/mol. The number of hydrogen-bond acceptors (Lipinski definition) is 2. The first kappa shape index (κ1) is 18.2. The van der Waals surface area contributed by atoms with Crippen molar-refractivity contribution in [3.8, 4) is 11.1 Å². The third-order valence-electron chi connectivity index (χ3n) is 4.20. The van der Waals surface area contributed by atoms with Gasteiger partial charge in [0, 0.05) is 24.0 Å². The Balaban J connectivity index is 1.80. The van der Waals surface area contributed by atoms with Crippen molar-refractivity contribution >= 4 is 23.3 Å². The van der Waals surface area contributed by atoms with E-state index in [1.54, 1.807) is 25.2 Å². The van der Waals surface area contributed by atoms with Gasteiger partial charge in [0.2, 0.25) is 0 Å². The molecule has 0 aliphatic heterocycles. The van der Waals surface area contributed by atoms with Crippen molar-refractivity contribution in [3.05, 3.63) is 83.9 Å². The zero-order chi connectivity index (χ0) is 19.2. The highest BCUT2D eigenvalue weighted by atomic mass is 16.2. The van der Waals surface area contributed by atoms with Crippen LogP contribution in [0.2, 0.25) is 0 Å². The molecule has 0 fully saturated rings. The number of carbonyl (C=O) groups is 2. The minimum absolute atomic E-state index is 0.236. The fourth-order valence-corrected chi connectivity index (χ4v) is 2.69. The maximum atomic E-state index is 12.6. The summed E-state index contributed by atoms with van der Waals surface area (Å²) in [5.74, 6) is -0.236. The van der Waals surface area contributed by atoms with E-state index in [-0.39, 0.29) is 11.9 Å². The molecule has 0 aliphatic carbocycles. The summed E-state index contributed by atoms with van der Waals surface area (Å²) in [7, 11) is 1.54. The number of hydrogen-bond donors (Lipinski definition) is 3. The van der Waals surface area contributed by atoms with Gasteiger partial charge in [-0.3, -0.25) is 4.79 Å². The van der Waals surface area contributed by atoms with Crippen molar-refractivity contribution < 1.29 is 9.59 Å². The smallest absolute Gasteiger partial charge is 0.318 e. The van der Waals surface area contributed by atoms with Crippen LogP contribution >= 0.6 is 0 Å². The average molecular weight is 359 g/mol. The summed E-state index contributed by atoms with van der Waals surface area (Å²) < 4.78 is 0. The first-order valence-corrected chi connectivity index (χ1v) is 8.63. The highest BCUT2D eigenvalue weighted by molar-refractivity contribution is 6.05. The molecule has 27 heavy (non-hydrogen) atoms. The van der Waals surface area contributed by atoms with Crippen molar-refractivity contribution in [2.75, 3.05) is 17.7 Å². The van der Waals surface area contributed by atoms with Gasteiger partial charge in [0.25, 0.3) is 5.91 Å². The molecule has 136 valence electrons. The molecule has 5 nitrogen and oxygen atoms in total. The highest BCUT2D eigenvalue weighted by Gasteiger charge is 2.10. The number of urea groups is 1. The lowest BCUT2D eigenvalue weighted by atomic mass is 10.0. The van der Waals surface area contributed by atoms with Gasteiger partial charge < -0.3 is 16.0 Å². The molecule has 0 heterocycles. The monoisotopic (exact) mass is 359 g/mol. The fourth-order valence-electron chi connectivity index (χ4n) is 2.69. The summed E-state index contributed by atoms with van der Waals surface area (Å²) in [5.41, 5.74) is 4.77. The summed E-state index contributed by atoms with van der Waals surface area (Å²) in [6.45, 7) is 1.87. The van der Waals surface area contributed by atoms with Gasteiger partial charge in [0.1, 0.15) is 0 Å². The molecule has 0 aliphatic rings. The Hall–Kier alpha value is -3.60. The van der Waals surface area contributed by atoms with Crippen LogP contribution in [0.3, 0.4) is 0 Å². The van der Waals surface area contributed by atoms with Crippen LogP contribution in [-0.2, 0) is 0 Å². The Morgan fingerprint density at radius 2 is 1.52 bits per heavy atom. The van der Waals surface area contributed by atoms with Crippen molar-refractivity contribution in [2.45, 2.75) is 6.92 Å². The molecule has 0 bridgehead atoms. The van der Waals surface area contributed by atoms with E-state index in [1.165, 1.54) is 0 Å². The molecule has 3 aromatic carbocycles. The molecule has 0 saturated heterocycles. The molecule has 3 N–H and O–H groups in total. The Labute approximate surface area is 158 Å². The average Bonchev–Trinajstić information content (AvgIpc) is 2.70. The van der Waals surface area contributed by atoms with E-state index in [1.807, 2.05) is 61.5 Å². The lowest BCUT2D eigenvalue weighted by Crippen LogP contribution is -2.25. The van der Waals surface area contributed by atoms with E-state index < -0.39 is 0 Å². The van der Waals surface area contributed by atoms with Crippen LogP contribution in [0.15, 0.2) is 72.8 Å². The second-order valence-electron chi connectivity index (χ2n) is 6.13. The Kier molecular flexibility index (Phi) is 5.52. The zero-order valence-corrected chi connectivity index (χ0v) is 15.2. The number of nitrogens with one attached hydrogen (secondary N) is 3. The molecule has 0 radical (unpaired) electrons. The minimum Gasteiger partial charge on any atom is -0.341 e. The molecular formula is C22H21N3O2. The van der Waals surface area contributed by atoms with E-state index in [4.69, 9.17) is 0 Å². The van der Waals surface area contributed by atoms with E-state index in [0.717, 1.165) is 16.7 Å². The lowest BCUT2D eigenvalue weighted by Gasteiger charge is -2.11. The van der Waals surface area contributed by atoms with E-state index in [9.17, 15) is 9.59 Å². The molecule has 3 rings (SSSR count). The summed E-state index contributed by atoms with van der Waals surface area (Å²) in [6.07, 6.45) is 0. The van der Waals surface area contributed by atoms with Gasteiger partial charge in [-0.1, -0.05) is 48.5 Å². The standard InChI is InChI=1S/C22H21N3O2/c1-15-11-12-18(14-20(15)25-22(27)23-2)21(26)24-19-10-6-9-17(13-19)16-7-4-3-5-8-16/h3-14H,1-2H3,(H,24,26)(H2,23,25,27). The van der Waals surface area contributed by atoms with E-state index >= 15 is 0 Å². The Morgan fingerprint density at radius 3 is 2.26 bits per heavy atom. The fraction of sp³-hybridized carbons (Fsp3) is 0.0909. The minimum atomic E-state index is -0.328. The summed E-state index contributed by atoms with van der Waals surface area (Å²) in [6, 6.07) is 22.6. The molecule has 0 aromatic heterocycles. The van der Waals surface area contributed by atoms with E-state index in [2.05, 4.69) is 16.0 Å². The molecule has 0 unspecified atom stereocenters. The Morgan fingerprint density at radius 1 is 0.778 bits per heavy atom. The number of carbonyl (C=O) groups excluding carboxylic acids is 2. The molecule has 3 amide bonds. The van der Waals surface area contributed by atoms with Crippen molar-refractivity contribution in [2.24, 2.45) is 0 Å². The van der Waals surface area contributed by atoms with Gasteiger partial charge in [-0.25, -0.2) is 4.79 Å². The van der Waals surface area contributed by atoms with Gasteiger partial charge in [-0.2, -0.15) is 0 Å². The predicted molar refractivity (Wildman–Crippen MR) is 109 cm³/mol. The van der Waals surface area contributed by atoms with Gasteiger partial charge in [-0.15, -0.1) is 0 Å². The molecule has 0 atom stereocenters. The lowest BCUT2D eigenvalue weighted by molar-refractivity contribution is 0.102. The van der Waals surface area contributed by atoms with Crippen molar-refractivity contribution in [1.82, 2.24) is 5.32 Å². The summed E-state index contributed by atoms with van der Waals surface area (Å²) >= 11 is 0. The van der Waals surface area contributed by atoms with Crippen LogP contribution in [0.5, 0.6) is 0 Å². The highest BCUT2D eigenvalue weighted by Crippen LogP contribution is 2.23. The van der Waals surface area contributed by atoms with E-state index in [0.29, 0.717) is 16.9 Å². The van der Waals surface area contributed by atoms with Crippen LogP contribution < -0.4 is 16.0 Å². The molecule has 3 aromatic rings. The quantitative estimate of drug-likeness (QED) is 0.634. The zero-order valence-electron chi connectivity index (χ0n) is 15.2. The van der Waals surface area contributed by atoms with Gasteiger partial charge in [-0.05, 0) is 47.9 Å². The summed E-state index contributed by atoms with van der Waals surface area (Å²) in [5, 5.41) is 8.14. The number of rotatable bonds is 4. The van der Waals surface area contributed by atoms with Crippen LogP contribution in [0.25, 0.3) is 11.1 Å². The number of amides is 3. The van der Waals surface area contributed by atoms with Crippen LogP contribution in [0, 0.1) is 6.92 Å². The SMILES string of the molecule is CNC(=O)Nc1cc(C(=O)Nc2cccc(-c3ccccc3)c2)ccc1C. The predicted octanol–water partition coefficient (Wildman–Crippen LogP) is 4.67. The van der Waals surface area contributed by atoms with Gasteiger partial charge >= 0.3 is 6.03 Å². The normalized spacial score (nSPS) is 10.1. The van der Waals surface area contributed by atoms with Crippen molar-refractivity contribution in [3.63, 3.8) is 0 Å². The van der Waals surface area contributed by atoms with Gasteiger partial charge in [0.05, 0.1) is 0 Å². The Bertz CT molecular complexity index is 968. The topological polar surface area (TPSA) is 70.2 Å². The molecule has 0 saturated carbocycles. The van der Waals surface area contributed by atoms with Crippen LogP contribution in [0.4, 0.5) is 16.2 Å². The van der Waals surface area contributed by atoms with Crippen molar-refractivity contribution in [1.29, 1.82) is 0 Å².